The molecule has 0 radical (unpaired) electrons. The number of piperazine rings is 1. The van der Waals surface area contributed by atoms with Crippen LogP contribution in [0, 0.1) is 13.8 Å². The van der Waals surface area contributed by atoms with Gasteiger partial charge in [0.2, 0.25) is 0 Å². The van der Waals surface area contributed by atoms with E-state index in [1.54, 1.807) is 11.3 Å². The van der Waals surface area contributed by atoms with Crippen molar-refractivity contribution in [2.24, 2.45) is 0 Å². The third-order valence-corrected chi connectivity index (χ3v) is 7.00. The van der Waals surface area contributed by atoms with Gasteiger partial charge < -0.3 is 14.5 Å². The second-order valence-corrected chi connectivity index (χ2v) is 9.10. The number of aryl methyl sites for hydroxylation is 2. The second-order valence-electron chi connectivity index (χ2n) is 8.09. The summed E-state index contributed by atoms with van der Waals surface area (Å²) in [6.45, 7) is 7.12. The third-order valence-electron chi connectivity index (χ3n) is 5.92. The van der Waals surface area contributed by atoms with Crippen LogP contribution in [0.2, 0.25) is 0 Å². The van der Waals surface area contributed by atoms with Gasteiger partial charge in [-0.1, -0.05) is 41.7 Å². The summed E-state index contributed by atoms with van der Waals surface area (Å²) in [7, 11) is 0. The van der Waals surface area contributed by atoms with Gasteiger partial charge in [0.25, 0.3) is 5.91 Å². The van der Waals surface area contributed by atoms with Crippen LogP contribution in [0.4, 0.5) is 5.13 Å². The first-order valence-electron chi connectivity index (χ1n) is 10.8. The number of ether oxygens (including phenoxy) is 1. The Morgan fingerprint density at radius 2 is 1.59 bits per heavy atom. The topological polar surface area (TPSA) is 45.7 Å². The highest BCUT2D eigenvalue weighted by atomic mass is 32.1. The first-order valence-corrected chi connectivity index (χ1v) is 11.6. The number of carbonyl (C=O) groups excluding carboxylic acids is 1. The van der Waals surface area contributed by atoms with Gasteiger partial charge in [0.1, 0.15) is 11.5 Å². The number of rotatable bonds is 4. The van der Waals surface area contributed by atoms with E-state index in [0.717, 1.165) is 29.5 Å². The number of benzene rings is 3. The standard InChI is InChI=1S/C26H25N3O2S/c1-18-16-22-24(17-19(18)2)32-26(27-22)29-14-12-28(13-15-29)25(30)21-10-6-7-11-23(21)31-20-8-4-3-5-9-20/h3-11,16-17H,12-15H2,1-2H3. The quantitative estimate of drug-likeness (QED) is 0.408. The Kier molecular flexibility index (Phi) is 5.53. The molecule has 2 heterocycles. The van der Waals surface area contributed by atoms with Crippen LogP contribution < -0.4 is 9.64 Å². The van der Waals surface area contributed by atoms with E-state index >= 15 is 0 Å². The largest absolute Gasteiger partial charge is 0.457 e. The zero-order valence-corrected chi connectivity index (χ0v) is 19.1. The Balaban J connectivity index is 1.29. The van der Waals surface area contributed by atoms with Crippen LogP contribution in [0.5, 0.6) is 11.5 Å². The van der Waals surface area contributed by atoms with Crippen molar-refractivity contribution in [2.75, 3.05) is 31.1 Å². The van der Waals surface area contributed by atoms with Crippen molar-refractivity contribution in [1.82, 2.24) is 9.88 Å². The maximum absolute atomic E-state index is 13.3. The van der Waals surface area contributed by atoms with Crippen LogP contribution >= 0.6 is 11.3 Å². The van der Waals surface area contributed by atoms with Crippen molar-refractivity contribution < 1.29 is 9.53 Å². The molecule has 32 heavy (non-hydrogen) atoms. The molecule has 5 nitrogen and oxygen atoms in total. The molecular formula is C26H25N3O2S. The lowest BCUT2D eigenvalue weighted by atomic mass is 10.1. The molecule has 0 spiro atoms. The first-order chi connectivity index (χ1) is 15.6. The number of aromatic nitrogens is 1. The molecule has 1 saturated heterocycles. The second kappa shape index (κ2) is 8.63. The number of fused-ring (bicyclic) bond motifs is 1. The van der Waals surface area contributed by atoms with Crippen molar-refractivity contribution in [3.05, 3.63) is 83.4 Å². The maximum Gasteiger partial charge on any atom is 0.257 e. The molecule has 0 unspecified atom stereocenters. The fourth-order valence-electron chi connectivity index (χ4n) is 3.92. The summed E-state index contributed by atoms with van der Waals surface area (Å²) in [6.07, 6.45) is 0. The summed E-state index contributed by atoms with van der Waals surface area (Å²) in [5, 5.41) is 1.03. The summed E-state index contributed by atoms with van der Waals surface area (Å²) >= 11 is 1.73. The number of hydrogen-bond acceptors (Lipinski definition) is 5. The summed E-state index contributed by atoms with van der Waals surface area (Å²) in [5.41, 5.74) is 4.20. The molecule has 1 aromatic heterocycles. The Morgan fingerprint density at radius 1 is 0.906 bits per heavy atom. The molecule has 1 fully saturated rings. The fraction of sp³-hybridized carbons (Fsp3) is 0.231. The van der Waals surface area contributed by atoms with Crippen LogP contribution in [0.3, 0.4) is 0 Å². The minimum absolute atomic E-state index is 0.00623. The fourth-order valence-corrected chi connectivity index (χ4v) is 5.02. The van der Waals surface area contributed by atoms with Gasteiger partial charge in [-0.15, -0.1) is 0 Å². The molecule has 0 N–H and O–H groups in total. The van der Waals surface area contributed by atoms with Gasteiger partial charge in [-0.05, 0) is 61.4 Å². The average molecular weight is 444 g/mol. The van der Waals surface area contributed by atoms with Gasteiger partial charge in [-0.3, -0.25) is 4.79 Å². The Labute approximate surface area is 191 Å². The van der Waals surface area contributed by atoms with E-state index in [1.807, 2.05) is 59.5 Å². The van der Waals surface area contributed by atoms with E-state index in [0.29, 0.717) is 24.4 Å². The predicted molar refractivity (Wildman–Crippen MR) is 130 cm³/mol. The van der Waals surface area contributed by atoms with E-state index in [1.165, 1.54) is 15.8 Å². The molecule has 5 rings (SSSR count). The van der Waals surface area contributed by atoms with Crippen LogP contribution in [-0.4, -0.2) is 42.0 Å². The van der Waals surface area contributed by atoms with Gasteiger partial charge in [0.05, 0.1) is 15.8 Å². The van der Waals surface area contributed by atoms with Crippen molar-refractivity contribution in [3.63, 3.8) is 0 Å². The molecule has 0 atom stereocenters. The van der Waals surface area contributed by atoms with Gasteiger partial charge in [-0.25, -0.2) is 4.98 Å². The molecule has 0 saturated carbocycles. The molecule has 162 valence electrons. The third kappa shape index (κ3) is 4.06. The van der Waals surface area contributed by atoms with Crippen molar-refractivity contribution >= 4 is 32.6 Å². The normalized spacial score (nSPS) is 14.1. The number of thiazole rings is 1. The van der Waals surface area contributed by atoms with E-state index in [9.17, 15) is 4.79 Å². The van der Waals surface area contributed by atoms with Crippen LogP contribution in [0.25, 0.3) is 10.2 Å². The van der Waals surface area contributed by atoms with Gasteiger partial charge in [0, 0.05) is 26.2 Å². The van der Waals surface area contributed by atoms with Crippen LogP contribution in [0.15, 0.2) is 66.7 Å². The summed E-state index contributed by atoms with van der Waals surface area (Å²) < 4.78 is 7.21. The predicted octanol–water partition coefficient (Wildman–Crippen LogP) is 5.67. The number of anilines is 1. The van der Waals surface area contributed by atoms with Gasteiger partial charge in [0.15, 0.2) is 5.13 Å². The number of carbonyl (C=O) groups is 1. The molecule has 1 aliphatic rings. The molecule has 4 aromatic rings. The zero-order valence-electron chi connectivity index (χ0n) is 18.2. The molecule has 0 bridgehead atoms. The van der Waals surface area contributed by atoms with E-state index in [4.69, 9.17) is 9.72 Å². The summed E-state index contributed by atoms with van der Waals surface area (Å²) in [4.78, 5) is 22.3. The number of para-hydroxylation sites is 2. The lowest BCUT2D eigenvalue weighted by molar-refractivity contribution is 0.0744. The number of hydrogen-bond donors (Lipinski definition) is 0. The Morgan fingerprint density at radius 3 is 2.38 bits per heavy atom. The number of nitrogens with zero attached hydrogens (tertiary/aromatic N) is 3. The summed E-state index contributed by atoms with van der Waals surface area (Å²) in [5.74, 6) is 1.31. The molecule has 1 amide bonds. The Hall–Kier alpha value is -3.38. The molecule has 0 aliphatic carbocycles. The Bertz CT molecular complexity index is 1220. The van der Waals surface area contributed by atoms with Gasteiger partial charge >= 0.3 is 0 Å². The van der Waals surface area contributed by atoms with E-state index < -0.39 is 0 Å². The monoisotopic (exact) mass is 443 g/mol. The molecular weight excluding hydrogens is 418 g/mol. The van der Waals surface area contributed by atoms with Crippen LogP contribution in [-0.2, 0) is 0 Å². The number of amides is 1. The van der Waals surface area contributed by atoms with Crippen molar-refractivity contribution in [2.45, 2.75) is 13.8 Å². The maximum atomic E-state index is 13.3. The first kappa shape index (κ1) is 20.5. The summed E-state index contributed by atoms with van der Waals surface area (Å²) in [6, 6.07) is 21.4. The average Bonchev–Trinajstić information content (AvgIpc) is 3.23. The smallest absolute Gasteiger partial charge is 0.257 e. The molecule has 6 heteroatoms. The SMILES string of the molecule is Cc1cc2nc(N3CCN(C(=O)c4ccccc4Oc4ccccc4)CC3)sc2cc1C. The van der Waals surface area contributed by atoms with Gasteiger partial charge in [-0.2, -0.15) is 0 Å². The lowest BCUT2D eigenvalue weighted by Crippen LogP contribution is -2.48. The highest BCUT2D eigenvalue weighted by molar-refractivity contribution is 7.22. The highest BCUT2D eigenvalue weighted by Gasteiger charge is 2.26. The van der Waals surface area contributed by atoms with Crippen molar-refractivity contribution in [1.29, 1.82) is 0 Å². The molecule has 1 aliphatic heterocycles. The lowest BCUT2D eigenvalue weighted by Gasteiger charge is -2.34. The zero-order chi connectivity index (χ0) is 22.1. The molecule has 3 aromatic carbocycles. The van der Waals surface area contributed by atoms with E-state index in [2.05, 4.69) is 30.9 Å². The van der Waals surface area contributed by atoms with Crippen molar-refractivity contribution in [3.8, 4) is 11.5 Å². The van der Waals surface area contributed by atoms with E-state index in [-0.39, 0.29) is 5.91 Å². The minimum Gasteiger partial charge on any atom is -0.457 e. The minimum atomic E-state index is 0.00623. The van der Waals surface area contributed by atoms with Crippen LogP contribution in [0.1, 0.15) is 21.5 Å². The highest BCUT2D eigenvalue weighted by Crippen LogP contribution is 2.32.